The third-order valence-corrected chi connectivity index (χ3v) is 4.52. The lowest BCUT2D eigenvalue weighted by atomic mass is 9.71. The molecule has 1 N–H and O–H groups in total. The summed E-state index contributed by atoms with van der Waals surface area (Å²) in [5, 5.41) is 3.44. The van der Waals surface area contributed by atoms with E-state index in [1.807, 2.05) is 0 Å². The molecule has 0 radical (unpaired) electrons. The Hall–Kier alpha value is -0.280. The topological polar surface area (TPSA) is 32.3 Å². The van der Waals surface area contributed by atoms with Crippen LogP contribution in [0, 0.1) is 10.8 Å². The van der Waals surface area contributed by atoms with E-state index in [4.69, 9.17) is 0 Å². The smallest absolute Gasteiger partial charge is 0.223 e. The molecule has 0 aromatic heterocycles. The van der Waals surface area contributed by atoms with E-state index in [1.165, 1.54) is 25.7 Å². The number of halogens is 1. The molecule has 0 bridgehead atoms. The summed E-state index contributed by atoms with van der Waals surface area (Å²) in [7, 11) is 0. The molecule has 2 aliphatic rings. The highest BCUT2D eigenvalue weighted by Crippen LogP contribution is 2.39. The van der Waals surface area contributed by atoms with Crippen LogP contribution >= 0.6 is 12.4 Å². The van der Waals surface area contributed by atoms with Gasteiger partial charge in [-0.25, -0.2) is 0 Å². The van der Waals surface area contributed by atoms with Crippen molar-refractivity contribution >= 4 is 18.3 Å². The summed E-state index contributed by atoms with van der Waals surface area (Å²) in [6, 6.07) is 0. The number of nitrogens with zero attached hydrogens (tertiary/aromatic N) is 1. The van der Waals surface area contributed by atoms with Crippen LogP contribution in [0.3, 0.4) is 0 Å². The molecule has 112 valence electrons. The van der Waals surface area contributed by atoms with E-state index in [0.717, 1.165) is 26.2 Å². The van der Waals surface area contributed by atoms with E-state index >= 15 is 0 Å². The number of amides is 1. The summed E-state index contributed by atoms with van der Waals surface area (Å²) in [4.78, 5) is 14.3. The van der Waals surface area contributed by atoms with E-state index in [1.54, 1.807) is 0 Å². The standard InChI is InChI=1S/C15H28N2O.ClH/c1-14(2,3)12-13(18)17-10-6-15(7-11-17)4-8-16-9-5-15;/h16H,4-12H2,1-3H3;1H. The maximum absolute atomic E-state index is 12.2. The average Bonchev–Trinajstić information content (AvgIpc) is 2.28. The van der Waals surface area contributed by atoms with Crippen LogP contribution in [0.2, 0.25) is 0 Å². The summed E-state index contributed by atoms with van der Waals surface area (Å²) in [5.74, 6) is 0.353. The van der Waals surface area contributed by atoms with Crippen molar-refractivity contribution in [3.05, 3.63) is 0 Å². The van der Waals surface area contributed by atoms with Crippen LogP contribution < -0.4 is 5.32 Å². The normalized spacial score (nSPS) is 23.0. The number of hydrogen-bond acceptors (Lipinski definition) is 2. The lowest BCUT2D eigenvalue weighted by Gasteiger charge is -2.44. The molecule has 0 aromatic carbocycles. The van der Waals surface area contributed by atoms with Crippen LogP contribution in [0.5, 0.6) is 0 Å². The van der Waals surface area contributed by atoms with Crippen molar-refractivity contribution in [2.75, 3.05) is 26.2 Å². The fourth-order valence-corrected chi connectivity index (χ4v) is 3.25. The molecule has 4 heteroatoms. The summed E-state index contributed by atoms with van der Waals surface area (Å²) >= 11 is 0. The first-order valence-corrected chi connectivity index (χ1v) is 7.39. The van der Waals surface area contributed by atoms with Gasteiger partial charge < -0.3 is 10.2 Å². The van der Waals surface area contributed by atoms with Crippen molar-refractivity contribution in [2.45, 2.75) is 52.9 Å². The van der Waals surface area contributed by atoms with Crippen LogP contribution in [0.15, 0.2) is 0 Å². The molecular formula is C15H29ClN2O. The number of likely N-dealkylation sites (tertiary alicyclic amines) is 1. The van der Waals surface area contributed by atoms with Crippen molar-refractivity contribution in [2.24, 2.45) is 10.8 Å². The van der Waals surface area contributed by atoms with Gasteiger partial charge in [0.25, 0.3) is 0 Å². The van der Waals surface area contributed by atoms with Crippen molar-refractivity contribution in [1.82, 2.24) is 10.2 Å². The quantitative estimate of drug-likeness (QED) is 0.805. The second-order valence-electron chi connectivity index (χ2n) is 7.37. The van der Waals surface area contributed by atoms with Gasteiger partial charge in [-0.15, -0.1) is 12.4 Å². The van der Waals surface area contributed by atoms with Gasteiger partial charge in [0.1, 0.15) is 0 Å². The zero-order valence-electron chi connectivity index (χ0n) is 12.6. The Bertz CT molecular complexity index is 296. The molecule has 19 heavy (non-hydrogen) atoms. The van der Waals surface area contributed by atoms with Gasteiger partial charge in [-0.3, -0.25) is 4.79 Å². The van der Waals surface area contributed by atoms with Gasteiger partial charge in [-0.1, -0.05) is 20.8 Å². The van der Waals surface area contributed by atoms with Crippen molar-refractivity contribution < 1.29 is 4.79 Å². The molecule has 0 aromatic rings. The number of carbonyl (C=O) groups is 1. The van der Waals surface area contributed by atoms with Crippen LogP contribution in [-0.2, 0) is 4.79 Å². The first-order chi connectivity index (χ1) is 8.40. The number of hydrogen-bond donors (Lipinski definition) is 1. The van der Waals surface area contributed by atoms with E-state index in [9.17, 15) is 4.79 Å². The molecule has 2 heterocycles. The molecule has 1 spiro atoms. The molecule has 0 saturated carbocycles. The van der Waals surface area contributed by atoms with Crippen molar-refractivity contribution in [3.63, 3.8) is 0 Å². The molecule has 1 amide bonds. The zero-order valence-corrected chi connectivity index (χ0v) is 13.4. The number of carbonyl (C=O) groups excluding carboxylic acids is 1. The lowest BCUT2D eigenvalue weighted by molar-refractivity contribution is -0.135. The Morgan fingerprint density at radius 2 is 1.63 bits per heavy atom. The second kappa shape index (κ2) is 6.45. The zero-order chi connectivity index (χ0) is 13.2. The largest absolute Gasteiger partial charge is 0.343 e. The van der Waals surface area contributed by atoms with E-state index in [2.05, 4.69) is 31.0 Å². The highest BCUT2D eigenvalue weighted by Gasteiger charge is 2.36. The third-order valence-electron chi connectivity index (χ3n) is 4.52. The second-order valence-corrected chi connectivity index (χ2v) is 7.37. The number of piperidine rings is 2. The fourth-order valence-electron chi connectivity index (χ4n) is 3.25. The summed E-state index contributed by atoms with van der Waals surface area (Å²) < 4.78 is 0. The molecule has 3 nitrogen and oxygen atoms in total. The molecule has 0 unspecified atom stereocenters. The van der Waals surface area contributed by atoms with Gasteiger partial charge in [0.05, 0.1) is 0 Å². The van der Waals surface area contributed by atoms with Crippen molar-refractivity contribution in [1.29, 1.82) is 0 Å². The Morgan fingerprint density at radius 3 is 2.11 bits per heavy atom. The molecule has 2 fully saturated rings. The minimum atomic E-state index is 0. The van der Waals surface area contributed by atoms with Crippen LogP contribution in [0.4, 0.5) is 0 Å². The Labute approximate surface area is 123 Å². The Morgan fingerprint density at radius 1 is 1.11 bits per heavy atom. The summed E-state index contributed by atoms with van der Waals surface area (Å²) in [5.41, 5.74) is 0.657. The average molecular weight is 289 g/mol. The third kappa shape index (κ3) is 4.64. The van der Waals surface area contributed by atoms with Gasteiger partial charge >= 0.3 is 0 Å². The van der Waals surface area contributed by atoms with Crippen LogP contribution in [0.25, 0.3) is 0 Å². The highest BCUT2D eigenvalue weighted by molar-refractivity contribution is 5.85. The van der Waals surface area contributed by atoms with Crippen LogP contribution in [0.1, 0.15) is 52.9 Å². The van der Waals surface area contributed by atoms with E-state index in [-0.39, 0.29) is 17.8 Å². The van der Waals surface area contributed by atoms with Crippen molar-refractivity contribution in [3.8, 4) is 0 Å². The Balaban J connectivity index is 0.00000180. The number of rotatable bonds is 1. The summed E-state index contributed by atoms with van der Waals surface area (Å²) in [6.07, 6.45) is 5.71. The Kier molecular flexibility index (Phi) is 5.69. The van der Waals surface area contributed by atoms with Gasteiger partial charge in [0.15, 0.2) is 0 Å². The maximum atomic E-state index is 12.2. The molecule has 2 rings (SSSR count). The lowest BCUT2D eigenvalue weighted by Crippen LogP contribution is -2.47. The van der Waals surface area contributed by atoms with Gasteiger partial charge in [0, 0.05) is 19.5 Å². The minimum absolute atomic E-state index is 0. The molecule has 0 atom stereocenters. The number of nitrogens with one attached hydrogen (secondary N) is 1. The van der Waals surface area contributed by atoms with E-state index < -0.39 is 0 Å². The molecule has 2 saturated heterocycles. The van der Waals surface area contributed by atoms with E-state index in [0.29, 0.717) is 17.7 Å². The highest BCUT2D eigenvalue weighted by atomic mass is 35.5. The summed E-state index contributed by atoms with van der Waals surface area (Å²) in [6.45, 7) is 10.7. The molecular weight excluding hydrogens is 260 g/mol. The van der Waals surface area contributed by atoms with Gasteiger partial charge in [-0.05, 0) is 49.6 Å². The minimum Gasteiger partial charge on any atom is -0.343 e. The maximum Gasteiger partial charge on any atom is 0.223 e. The predicted molar refractivity (Wildman–Crippen MR) is 81.7 cm³/mol. The molecule has 2 aliphatic heterocycles. The molecule has 0 aliphatic carbocycles. The first-order valence-electron chi connectivity index (χ1n) is 7.39. The monoisotopic (exact) mass is 288 g/mol. The van der Waals surface area contributed by atoms with Gasteiger partial charge in [0.2, 0.25) is 5.91 Å². The van der Waals surface area contributed by atoms with Gasteiger partial charge in [-0.2, -0.15) is 0 Å². The predicted octanol–water partition coefficient (Wildman–Crippen LogP) is 2.84. The fraction of sp³-hybridized carbons (Fsp3) is 0.933. The first kappa shape index (κ1) is 16.8. The van der Waals surface area contributed by atoms with Crippen LogP contribution in [-0.4, -0.2) is 37.0 Å². The SMILES string of the molecule is CC(C)(C)CC(=O)N1CCC2(CCNCC2)CC1.Cl.